The van der Waals surface area contributed by atoms with Crippen LogP contribution < -0.4 is 10.2 Å². The largest absolute Gasteiger partial charge is 0.465 e. The maximum Gasteiger partial charge on any atom is 0.411 e. The average molecular weight is 489 g/mol. The van der Waals surface area contributed by atoms with E-state index in [0.717, 1.165) is 4.90 Å². The highest BCUT2D eigenvalue weighted by atomic mass is 35.5. The third kappa shape index (κ3) is 3.37. The van der Waals surface area contributed by atoms with Gasteiger partial charge in [0.15, 0.2) is 11.5 Å². The molecule has 4 N–H and O–H groups in total. The number of rotatable bonds is 3. The van der Waals surface area contributed by atoms with Crippen molar-refractivity contribution in [2.24, 2.45) is 0 Å². The van der Waals surface area contributed by atoms with Crippen LogP contribution in [0.25, 0.3) is 11.0 Å². The van der Waals surface area contributed by atoms with E-state index in [4.69, 9.17) is 16.7 Å². The number of hydrogen-bond donors (Lipinski definition) is 4. The number of aliphatic hydroxyl groups is 1. The fourth-order valence-corrected chi connectivity index (χ4v) is 4.15. The Morgan fingerprint density at radius 1 is 1.15 bits per heavy atom. The van der Waals surface area contributed by atoms with Gasteiger partial charge in [0.2, 0.25) is 5.95 Å². The molecule has 0 saturated carbocycles. The van der Waals surface area contributed by atoms with Crippen molar-refractivity contribution in [1.29, 1.82) is 0 Å². The van der Waals surface area contributed by atoms with Crippen molar-refractivity contribution in [3.05, 3.63) is 88.2 Å². The Labute approximate surface area is 197 Å². The topological polar surface area (TPSA) is 119 Å². The summed E-state index contributed by atoms with van der Waals surface area (Å²) in [5.41, 5.74) is -0.673. The van der Waals surface area contributed by atoms with Crippen LogP contribution in [-0.4, -0.2) is 32.2 Å². The van der Waals surface area contributed by atoms with E-state index in [9.17, 15) is 19.1 Å². The molecule has 33 heavy (non-hydrogen) atoms. The summed E-state index contributed by atoms with van der Waals surface area (Å²) in [5, 5.41) is 22.8. The van der Waals surface area contributed by atoms with Gasteiger partial charge in [-0.15, -0.1) is 12.4 Å². The van der Waals surface area contributed by atoms with E-state index in [0.29, 0.717) is 11.0 Å². The number of fused-ring (bicyclic) bond motifs is 2. The molecule has 1 unspecified atom stereocenters. The third-order valence-electron chi connectivity index (χ3n) is 5.34. The monoisotopic (exact) mass is 488 g/mol. The van der Waals surface area contributed by atoms with E-state index in [-0.39, 0.29) is 45.8 Å². The van der Waals surface area contributed by atoms with Crippen LogP contribution in [0.3, 0.4) is 0 Å². The normalized spacial score (nSPS) is 17.1. The van der Waals surface area contributed by atoms with Crippen molar-refractivity contribution in [2.75, 3.05) is 10.2 Å². The predicted octanol–water partition coefficient (Wildman–Crippen LogP) is 4.72. The molecule has 0 aliphatic carbocycles. The molecule has 3 aromatic carbocycles. The minimum Gasteiger partial charge on any atom is -0.465 e. The van der Waals surface area contributed by atoms with Gasteiger partial charge in [-0.2, -0.15) is 0 Å². The molecule has 2 amide bonds. The summed E-state index contributed by atoms with van der Waals surface area (Å²) in [6.45, 7) is 0. The molecular formula is C22H15Cl2FN4O4. The molecule has 0 fully saturated rings. The lowest BCUT2D eigenvalue weighted by atomic mass is 9.93. The second kappa shape index (κ2) is 8.04. The number of benzene rings is 3. The standard InChI is InChI=1S/C22H14ClFN4O4.ClH/c23-14-6-3-7-17(18(14)24)28-19(29)12-4-1-2-5-13(12)22(28,32)11-8-9-15-16(10-11)26-20(25-15)27-21(30)31;/h1-10,32H,(H,30,31)(H2,25,26,27);1H. The smallest absolute Gasteiger partial charge is 0.411 e. The van der Waals surface area contributed by atoms with Crippen LogP contribution >= 0.6 is 24.0 Å². The van der Waals surface area contributed by atoms with Crippen molar-refractivity contribution in [3.63, 3.8) is 0 Å². The van der Waals surface area contributed by atoms with Gasteiger partial charge in [0, 0.05) is 16.7 Å². The lowest BCUT2D eigenvalue weighted by Gasteiger charge is -2.35. The van der Waals surface area contributed by atoms with E-state index in [1.807, 2.05) is 0 Å². The first-order valence-electron chi connectivity index (χ1n) is 9.41. The number of carbonyl (C=O) groups excluding carboxylic acids is 1. The maximum absolute atomic E-state index is 15.0. The summed E-state index contributed by atoms with van der Waals surface area (Å²) in [7, 11) is 0. The van der Waals surface area contributed by atoms with E-state index in [1.54, 1.807) is 36.4 Å². The van der Waals surface area contributed by atoms with Crippen LogP contribution in [-0.2, 0) is 5.72 Å². The molecule has 0 radical (unpaired) electrons. The average Bonchev–Trinajstić information content (AvgIpc) is 3.26. The highest BCUT2D eigenvalue weighted by Crippen LogP contribution is 2.46. The van der Waals surface area contributed by atoms with Crippen molar-refractivity contribution >= 4 is 58.7 Å². The zero-order chi connectivity index (χ0) is 22.6. The molecule has 8 nitrogen and oxygen atoms in total. The molecule has 5 rings (SSSR count). The summed E-state index contributed by atoms with van der Waals surface area (Å²) >= 11 is 5.95. The van der Waals surface area contributed by atoms with Gasteiger partial charge in [-0.05, 0) is 30.3 Å². The molecule has 0 spiro atoms. The first kappa shape index (κ1) is 22.5. The van der Waals surface area contributed by atoms with E-state index in [1.165, 1.54) is 24.3 Å². The van der Waals surface area contributed by atoms with Crippen LogP contribution in [0.2, 0.25) is 5.02 Å². The molecule has 168 valence electrons. The Bertz CT molecular complexity index is 1430. The van der Waals surface area contributed by atoms with Gasteiger partial charge in [0.1, 0.15) is 0 Å². The lowest BCUT2D eigenvalue weighted by Crippen LogP contribution is -2.45. The molecule has 2 heterocycles. The highest BCUT2D eigenvalue weighted by molar-refractivity contribution is 6.31. The van der Waals surface area contributed by atoms with E-state index >= 15 is 0 Å². The molecule has 1 aliphatic rings. The molecule has 4 aromatic rings. The quantitative estimate of drug-likeness (QED) is 0.332. The number of anilines is 2. The van der Waals surface area contributed by atoms with Gasteiger partial charge < -0.3 is 15.2 Å². The third-order valence-corrected chi connectivity index (χ3v) is 5.63. The zero-order valence-electron chi connectivity index (χ0n) is 16.5. The molecule has 1 aromatic heterocycles. The number of aromatic nitrogens is 2. The molecule has 0 saturated heterocycles. The summed E-state index contributed by atoms with van der Waals surface area (Å²) in [6.07, 6.45) is -1.29. The summed E-state index contributed by atoms with van der Waals surface area (Å²) in [6, 6.07) is 15.3. The SMILES string of the molecule is Cl.O=C(O)Nc1nc2ccc(C3(O)c4ccccc4C(=O)N3c3cccc(Cl)c3F)cc2[nH]1. The summed E-state index contributed by atoms with van der Waals surface area (Å²) in [5.74, 6) is -1.44. The highest BCUT2D eigenvalue weighted by Gasteiger charge is 2.51. The van der Waals surface area contributed by atoms with Gasteiger partial charge in [0.05, 0.1) is 21.7 Å². The van der Waals surface area contributed by atoms with Crippen molar-refractivity contribution in [2.45, 2.75) is 5.72 Å². The van der Waals surface area contributed by atoms with Gasteiger partial charge in [0.25, 0.3) is 5.91 Å². The number of imidazole rings is 1. The number of amides is 2. The van der Waals surface area contributed by atoms with Gasteiger partial charge in [-0.3, -0.25) is 15.0 Å². The Balaban J connectivity index is 0.00000259. The molecular weight excluding hydrogens is 474 g/mol. The van der Waals surface area contributed by atoms with E-state index < -0.39 is 23.5 Å². The van der Waals surface area contributed by atoms with Crippen LogP contribution in [0.15, 0.2) is 60.7 Å². The summed E-state index contributed by atoms with van der Waals surface area (Å²) in [4.78, 5) is 32.1. The Kier molecular flexibility index (Phi) is 5.49. The van der Waals surface area contributed by atoms with Gasteiger partial charge in [-0.25, -0.2) is 14.2 Å². The fraction of sp³-hybridized carbons (Fsp3) is 0.0455. The Morgan fingerprint density at radius 2 is 1.91 bits per heavy atom. The van der Waals surface area contributed by atoms with Crippen molar-refractivity contribution < 1.29 is 24.2 Å². The summed E-state index contributed by atoms with van der Waals surface area (Å²) < 4.78 is 15.0. The minimum atomic E-state index is -2.06. The zero-order valence-corrected chi connectivity index (χ0v) is 18.1. The number of hydrogen-bond acceptors (Lipinski definition) is 4. The van der Waals surface area contributed by atoms with E-state index in [2.05, 4.69) is 15.3 Å². The number of carbonyl (C=O) groups is 2. The lowest BCUT2D eigenvalue weighted by molar-refractivity contribution is 0.0699. The maximum atomic E-state index is 15.0. The fourth-order valence-electron chi connectivity index (χ4n) is 3.98. The number of nitrogens with zero attached hydrogens (tertiary/aromatic N) is 2. The molecule has 0 bridgehead atoms. The number of nitrogens with one attached hydrogen (secondary N) is 2. The van der Waals surface area contributed by atoms with Crippen LogP contribution in [0.1, 0.15) is 21.5 Å². The number of aromatic amines is 1. The van der Waals surface area contributed by atoms with Crippen molar-refractivity contribution in [3.8, 4) is 0 Å². The van der Waals surface area contributed by atoms with Crippen LogP contribution in [0.4, 0.5) is 20.8 Å². The number of halogens is 3. The predicted molar refractivity (Wildman–Crippen MR) is 123 cm³/mol. The Morgan fingerprint density at radius 3 is 2.67 bits per heavy atom. The first-order chi connectivity index (χ1) is 15.3. The molecule has 1 aliphatic heterocycles. The van der Waals surface area contributed by atoms with Crippen molar-refractivity contribution in [1.82, 2.24) is 9.97 Å². The second-order valence-electron chi connectivity index (χ2n) is 7.18. The van der Waals surface area contributed by atoms with Gasteiger partial charge >= 0.3 is 6.09 Å². The van der Waals surface area contributed by atoms with Crippen LogP contribution in [0.5, 0.6) is 0 Å². The van der Waals surface area contributed by atoms with Crippen LogP contribution in [0, 0.1) is 5.82 Å². The first-order valence-corrected chi connectivity index (χ1v) is 9.79. The van der Waals surface area contributed by atoms with Gasteiger partial charge in [-0.1, -0.05) is 41.9 Å². The minimum absolute atomic E-state index is 0. The second-order valence-corrected chi connectivity index (χ2v) is 7.59. The molecule has 11 heteroatoms. The number of H-pyrrole nitrogens is 1. The molecule has 1 atom stereocenters. The number of carboxylic acid groups (broad SMARTS) is 1. The Hall–Kier alpha value is -3.66.